The minimum Gasteiger partial charge on any atom is -0.391 e. The fourth-order valence-corrected chi connectivity index (χ4v) is 1.43. The molecular weight excluding hydrogens is 238 g/mol. The molecule has 1 rings (SSSR count). The quantitative estimate of drug-likeness (QED) is 0.663. The van der Waals surface area contributed by atoms with Crippen LogP contribution in [0.15, 0.2) is 29.4 Å². The number of rotatable bonds is 4. The van der Waals surface area contributed by atoms with Crippen LogP contribution in [0.4, 0.5) is 0 Å². The van der Waals surface area contributed by atoms with E-state index in [-0.39, 0.29) is 12.0 Å². The van der Waals surface area contributed by atoms with Crippen molar-refractivity contribution >= 4 is 17.3 Å². The molecule has 0 saturated heterocycles. The van der Waals surface area contributed by atoms with E-state index in [1.165, 1.54) is 0 Å². The number of aliphatic hydroxyl groups is 1. The predicted molar refractivity (Wildman–Crippen MR) is 70.2 cm³/mol. The van der Waals surface area contributed by atoms with Gasteiger partial charge in [-0.15, -0.1) is 0 Å². The summed E-state index contributed by atoms with van der Waals surface area (Å²) >= 11 is 5.85. The molecule has 0 aromatic heterocycles. The van der Waals surface area contributed by atoms with Crippen LogP contribution in [0.3, 0.4) is 0 Å². The number of benzene rings is 1. The second-order valence-corrected chi connectivity index (χ2v) is 5.29. The van der Waals surface area contributed by atoms with Crippen molar-refractivity contribution in [2.45, 2.75) is 27.4 Å². The SMILES string of the molecule is CC(C)(C)/C(CO)=N\OCc1cccc(Cl)c1. The molecule has 0 atom stereocenters. The van der Waals surface area contributed by atoms with Crippen molar-refractivity contribution in [3.8, 4) is 0 Å². The first kappa shape index (κ1) is 14.0. The van der Waals surface area contributed by atoms with E-state index in [2.05, 4.69) is 5.16 Å². The van der Waals surface area contributed by atoms with Gasteiger partial charge in [0.05, 0.1) is 12.3 Å². The van der Waals surface area contributed by atoms with Crippen LogP contribution in [-0.2, 0) is 11.4 Å². The van der Waals surface area contributed by atoms with E-state index in [1.807, 2.05) is 45.0 Å². The van der Waals surface area contributed by atoms with Gasteiger partial charge in [0.25, 0.3) is 0 Å². The van der Waals surface area contributed by atoms with E-state index in [1.54, 1.807) is 0 Å². The van der Waals surface area contributed by atoms with Crippen molar-refractivity contribution in [3.63, 3.8) is 0 Å². The Kier molecular flexibility index (Phi) is 4.97. The van der Waals surface area contributed by atoms with Gasteiger partial charge in [-0.05, 0) is 17.7 Å². The molecule has 0 heterocycles. The van der Waals surface area contributed by atoms with Crippen LogP contribution in [0.1, 0.15) is 26.3 Å². The van der Waals surface area contributed by atoms with Crippen LogP contribution in [-0.4, -0.2) is 17.4 Å². The number of hydrogen-bond donors (Lipinski definition) is 1. The Hall–Kier alpha value is -1.06. The summed E-state index contributed by atoms with van der Waals surface area (Å²) in [5.41, 5.74) is 1.38. The summed E-state index contributed by atoms with van der Waals surface area (Å²) in [7, 11) is 0. The number of hydrogen-bond acceptors (Lipinski definition) is 3. The number of aliphatic hydroxyl groups excluding tert-OH is 1. The molecule has 1 aromatic carbocycles. The largest absolute Gasteiger partial charge is 0.391 e. The maximum atomic E-state index is 9.17. The number of halogens is 1. The lowest BCUT2D eigenvalue weighted by atomic mass is 9.91. The molecule has 4 heteroatoms. The molecule has 0 bridgehead atoms. The monoisotopic (exact) mass is 255 g/mol. The van der Waals surface area contributed by atoms with Crippen LogP contribution < -0.4 is 0 Å². The Morgan fingerprint density at radius 1 is 1.41 bits per heavy atom. The summed E-state index contributed by atoms with van der Waals surface area (Å²) in [5.74, 6) is 0. The molecule has 0 aliphatic heterocycles. The zero-order valence-electron chi connectivity index (χ0n) is 10.4. The van der Waals surface area contributed by atoms with Crippen LogP contribution >= 0.6 is 11.6 Å². The zero-order valence-corrected chi connectivity index (χ0v) is 11.2. The molecule has 0 amide bonds. The Morgan fingerprint density at radius 3 is 2.65 bits per heavy atom. The van der Waals surface area contributed by atoms with E-state index in [0.29, 0.717) is 17.3 Å². The molecule has 0 aliphatic rings. The van der Waals surface area contributed by atoms with E-state index < -0.39 is 0 Å². The average molecular weight is 256 g/mol. The average Bonchev–Trinajstić information content (AvgIpc) is 2.22. The first-order valence-corrected chi connectivity index (χ1v) is 5.86. The number of oxime groups is 1. The lowest BCUT2D eigenvalue weighted by Gasteiger charge is -2.18. The smallest absolute Gasteiger partial charge is 0.142 e. The van der Waals surface area contributed by atoms with Gasteiger partial charge in [0, 0.05) is 10.4 Å². The first-order valence-electron chi connectivity index (χ1n) is 5.48. The Labute approximate surface area is 107 Å². The normalized spacial score (nSPS) is 12.6. The van der Waals surface area contributed by atoms with Gasteiger partial charge in [-0.3, -0.25) is 0 Å². The van der Waals surface area contributed by atoms with Gasteiger partial charge in [0.2, 0.25) is 0 Å². The third kappa shape index (κ3) is 4.75. The van der Waals surface area contributed by atoms with Crippen molar-refractivity contribution in [2.75, 3.05) is 6.61 Å². The highest BCUT2D eigenvalue weighted by Crippen LogP contribution is 2.16. The number of nitrogens with zero attached hydrogens (tertiary/aromatic N) is 1. The Bertz CT molecular complexity index is 397. The zero-order chi connectivity index (χ0) is 12.9. The Morgan fingerprint density at radius 2 is 2.12 bits per heavy atom. The summed E-state index contributed by atoms with van der Waals surface area (Å²) in [5, 5.41) is 13.8. The highest BCUT2D eigenvalue weighted by molar-refractivity contribution is 6.30. The van der Waals surface area contributed by atoms with Gasteiger partial charge in [-0.25, -0.2) is 0 Å². The van der Waals surface area contributed by atoms with Crippen molar-refractivity contribution in [2.24, 2.45) is 10.6 Å². The molecule has 1 aromatic rings. The maximum Gasteiger partial charge on any atom is 0.142 e. The standard InChI is InChI=1S/C13H18ClNO2/c1-13(2,3)12(8-16)15-17-9-10-5-4-6-11(14)7-10/h4-7,16H,8-9H2,1-3H3/b15-12-. The van der Waals surface area contributed by atoms with E-state index in [4.69, 9.17) is 16.4 Å². The van der Waals surface area contributed by atoms with Crippen LogP contribution in [0.2, 0.25) is 5.02 Å². The molecule has 17 heavy (non-hydrogen) atoms. The lowest BCUT2D eigenvalue weighted by molar-refractivity contribution is 0.125. The van der Waals surface area contributed by atoms with Gasteiger partial charge < -0.3 is 9.94 Å². The van der Waals surface area contributed by atoms with Crippen LogP contribution in [0, 0.1) is 5.41 Å². The van der Waals surface area contributed by atoms with Crippen LogP contribution in [0.5, 0.6) is 0 Å². The molecule has 0 aliphatic carbocycles. The van der Waals surface area contributed by atoms with Gasteiger partial charge in [0.1, 0.15) is 6.61 Å². The maximum absolute atomic E-state index is 9.17. The fraction of sp³-hybridized carbons (Fsp3) is 0.462. The third-order valence-electron chi connectivity index (χ3n) is 2.31. The van der Waals surface area contributed by atoms with Crippen molar-refractivity contribution in [1.82, 2.24) is 0 Å². The second-order valence-electron chi connectivity index (χ2n) is 4.85. The van der Waals surface area contributed by atoms with Gasteiger partial charge in [-0.1, -0.05) is 49.7 Å². The molecule has 3 nitrogen and oxygen atoms in total. The molecule has 0 saturated carbocycles. The highest BCUT2D eigenvalue weighted by atomic mass is 35.5. The third-order valence-corrected chi connectivity index (χ3v) is 2.55. The summed E-state index contributed by atoms with van der Waals surface area (Å²) < 4.78 is 0. The Balaban J connectivity index is 2.59. The molecule has 0 spiro atoms. The molecule has 0 fully saturated rings. The predicted octanol–water partition coefficient (Wildman–Crippen LogP) is 3.25. The minimum atomic E-state index is -0.191. The van der Waals surface area contributed by atoms with Gasteiger partial charge in [-0.2, -0.15) is 0 Å². The molecular formula is C13H18ClNO2. The molecule has 94 valence electrons. The van der Waals surface area contributed by atoms with Crippen molar-refractivity contribution in [1.29, 1.82) is 0 Å². The summed E-state index contributed by atoms with van der Waals surface area (Å²) in [4.78, 5) is 5.22. The first-order chi connectivity index (χ1) is 7.93. The molecule has 1 N–H and O–H groups in total. The van der Waals surface area contributed by atoms with E-state index in [9.17, 15) is 5.11 Å². The minimum absolute atomic E-state index is 0.0982. The molecule has 0 unspecified atom stereocenters. The van der Waals surface area contributed by atoms with Crippen molar-refractivity contribution in [3.05, 3.63) is 34.9 Å². The summed E-state index contributed by atoms with van der Waals surface area (Å²) in [6.45, 7) is 6.18. The second kappa shape index (κ2) is 6.03. The van der Waals surface area contributed by atoms with Crippen molar-refractivity contribution < 1.29 is 9.94 Å². The van der Waals surface area contributed by atoms with E-state index >= 15 is 0 Å². The topological polar surface area (TPSA) is 41.8 Å². The van der Waals surface area contributed by atoms with Gasteiger partial charge >= 0.3 is 0 Å². The summed E-state index contributed by atoms with van der Waals surface area (Å²) in [6, 6.07) is 7.41. The fourth-order valence-electron chi connectivity index (χ4n) is 1.21. The molecule has 0 radical (unpaired) electrons. The van der Waals surface area contributed by atoms with Crippen LogP contribution in [0.25, 0.3) is 0 Å². The van der Waals surface area contributed by atoms with E-state index in [0.717, 1.165) is 5.56 Å². The van der Waals surface area contributed by atoms with Gasteiger partial charge in [0.15, 0.2) is 0 Å². The summed E-state index contributed by atoms with van der Waals surface area (Å²) in [6.07, 6.45) is 0. The highest BCUT2D eigenvalue weighted by Gasteiger charge is 2.18. The lowest BCUT2D eigenvalue weighted by Crippen LogP contribution is -2.24.